The molecule has 12 heavy (non-hydrogen) atoms. The molecule has 1 aliphatic carbocycles. The normalized spacial score (nSPS) is 41.2. The van der Waals surface area contributed by atoms with E-state index in [1.807, 2.05) is 0 Å². The second-order valence-electron chi connectivity index (χ2n) is 4.33. The van der Waals surface area contributed by atoms with Gasteiger partial charge in [-0.25, -0.2) is 0 Å². The van der Waals surface area contributed by atoms with Gasteiger partial charge in [0.1, 0.15) is 0 Å². The Morgan fingerprint density at radius 2 is 2.08 bits per heavy atom. The maximum Gasteiger partial charge on any atom is 0.00985 e. The van der Waals surface area contributed by atoms with Crippen molar-refractivity contribution in [2.45, 2.75) is 50.6 Å². The highest BCUT2D eigenvalue weighted by atomic mass is 15.0. The maximum atomic E-state index is 5.56. The molecule has 1 aliphatic heterocycles. The third-order valence-corrected chi connectivity index (χ3v) is 3.46. The Bertz CT molecular complexity index is 133. The predicted octanol–water partition coefficient (Wildman–Crippen LogP) is 1.26. The van der Waals surface area contributed by atoms with Gasteiger partial charge in [0.25, 0.3) is 0 Å². The summed E-state index contributed by atoms with van der Waals surface area (Å²) in [7, 11) is 0. The summed E-state index contributed by atoms with van der Waals surface area (Å²) in [5.74, 6) is 0.982. The summed E-state index contributed by atoms with van der Waals surface area (Å²) in [4.78, 5) is 0. The zero-order valence-electron chi connectivity index (χ0n) is 7.76. The van der Waals surface area contributed by atoms with E-state index in [9.17, 15) is 0 Å². The molecule has 1 saturated carbocycles. The van der Waals surface area contributed by atoms with Crippen molar-refractivity contribution in [3.05, 3.63) is 0 Å². The average Bonchev–Trinajstić information content (AvgIpc) is 2.47. The van der Waals surface area contributed by atoms with E-state index in [1.54, 1.807) is 0 Å². The summed E-state index contributed by atoms with van der Waals surface area (Å²) in [6.45, 7) is 0.844. The Labute approximate surface area is 74.9 Å². The van der Waals surface area contributed by atoms with E-state index in [-0.39, 0.29) is 0 Å². The first-order valence-corrected chi connectivity index (χ1v) is 5.36. The van der Waals surface area contributed by atoms with Crippen molar-refractivity contribution < 1.29 is 0 Å². The molecule has 0 radical (unpaired) electrons. The highest BCUT2D eigenvalue weighted by Gasteiger charge is 2.34. The summed E-state index contributed by atoms with van der Waals surface area (Å²) >= 11 is 0. The van der Waals surface area contributed by atoms with E-state index in [2.05, 4.69) is 5.32 Å². The van der Waals surface area contributed by atoms with Gasteiger partial charge in [-0.3, -0.25) is 0 Å². The van der Waals surface area contributed by atoms with Gasteiger partial charge in [-0.05, 0) is 38.1 Å². The lowest BCUT2D eigenvalue weighted by Gasteiger charge is -2.24. The number of hydrogen-bond acceptors (Lipinski definition) is 2. The van der Waals surface area contributed by atoms with Crippen LogP contribution in [0, 0.1) is 5.92 Å². The van der Waals surface area contributed by atoms with Gasteiger partial charge in [-0.2, -0.15) is 0 Å². The predicted molar refractivity (Wildman–Crippen MR) is 51.0 cm³/mol. The maximum absolute atomic E-state index is 5.56. The van der Waals surface area contributed by atoms with Crippen LogP contribution in [0.5, 0.6) is 0 Å². The minimum Gasteiger partial charge on any atom is -0.330 e. The molecular weight excluding hydrogens is 148 g/mol. The van der Waals surface area contributed by atoms with Crippen LogP contribution in [0.15, 0.2) is 0 Å². The number of hydrogen-bond donors (Lipinski definition) is 2. The van der Waals surface area contributed by atoms with Gasteiger partial charge in [0, 0.05) is 12.1 Å². The number of nitrogens with one attached hydrogen (secondary N) is 1. The van der Waals surface area contributed by atoms with Crippen LogP contribution in [0.25, 0.3) is 0 Å². The second-order valence-corrected chi connectivity index (χ2v) is 4.33. The van der Waals surface area contributed by atoms with Crippen LogP contribution < -0.4 is 11.1 Å². The van der Waals surface area contributed by atoms with Crippen LogP contribution >= 0.6 is 0 Å². The molecule has 70 valence electrons. The molecule has 2 nitrogen and oxygen atoms in total. The lowest BCUT2D eigenvalue weighted by molar-refractivity contribution is 0.325. The van der Waals surface area contributed by atoms with E-state index in [0.717, 1.165) is 24.5 Å². The number of rotatable bonds is 2. The first-order valence-electron chi connectivity index (χ1n) is 5.36. The van der Waals surface area contributed by atoms with Crippen LogP contribution in [0.4, 0.5) is 0 Å². The Morgan fingerprint density at radius 1 is 1.25 bits per heavy atom. The van der Waals surface area contributed by atoms with E-state index >= 15 is 0 Å². The second kappa shape index (κ2) is 3.75. The van der Waals surface area contributed by atoms with Crippen LogP contribution in [0.2, 0.25) is 0 Å². The van der Waals surface area contributed by atoms with E-state index in [1.165, 1.54) is 38.5 Å². The first-order chi connectivity index (χ1) is 5.90. The van der Waals surface area contributed by atoms with Crippen molar-refractivity contribution >= 4 is 0 Å². The third-order valence-electron chi connectivity index (χ3n) is 3.46. The van der Waals surface area contributed by atoms with Gasteiger partial charge >= 0.3 is 0 Å². The molecule has 0 amide bonds. The van der Waals surface area contributed by atoms with Crippen LogP contribution in [-0.2, 0) is 0 Å². The SMILES string of the molecule is NCC[C@@H]1C[C@H]2CCCC[C@H]2N1. The molecule has 1 heterocycles. The fraction of sp³-hybridized carbons (Fsp3) is 1.00. The first kappa shape index (κ1) is 8.52. The summed E-state index contributed by atoms with van der Waals surface area (Å²) < 4.78 is 0. The van der Waals surface area contributed by atoms with Crippen LogP contribution in [-0.4, -0.2) is 18.6 Å². The molecule has 0 bridgehead atoms. The molecule has 3 N–H and O–H groups in total. The molecule has 0 aromatic carbocycles. The zero-order valence-corrected chi connectivity index (χ0v) is 7.76. The molecule has 0 spiro atoms. The standard InChI is InChI=1S/C10H20N2/c11-6-5-9-7-8-3-1-2-4-10(8)12-9/h8-10,12H,1-7,11H2/t8-,9-,10-/m1/s1. The van der Waals surface area contributed by atoms with Gasteiger partial charge in [0.05, 0.1) is 0 Å². The number of nitrogens with two attached hydrogens (primary N) is 1. The van der Waals surface area contributed by atoms with Gasteiger partial charge in [0.15, 0.2) is 0 Å². The molecule has 2 fully saturated rings. The van der Waals surface area contributed by atoms with Crippen molar-refractivity contribution in [1.82, 2.24) is 5.32 Å². The van der Waals surface area contributed by atoms with E-state index < -0.39 is 0 Å². The molecular formula is C10H20N2. The van der Waals surface area contributed by atoms with E-state index in [4.69, 9.17) is 5.73 Å². The molecule has 0 aromatic heterocycles. The summed E-state index contributed by atoms with van der Waals surface area (Å²) in [5, 5.41) is 3.71. The molecule has 2 aliphatic rings. The van der Waals surface area contributed by atoms with Crippen LogP contribution in [0.1, 0.15) is 38.5 Å². The van der Waals surface area contributed by atoms with Gasteiger partial charge in [-0.1, -0.05) is 12.8 Å². The highest BCUT2D eigenvalue weighted by Crippen LogP contribution is 2.33. The van der Waals surface area contributed by atoms with Crippen molar-refractivity contribution in [3.63, 3.8) is 0 Å². The Kier molecular flexibility index (Phi) is 2.66. The minimum absolute atomic E-state index is 0.739. The molecule has 2 heteroatoms. The monoisotopic (exact) mass is 168 g/mol. The van der Waals surface area contributed by atoms with Crippen molar-refractivity contribution in [2.75, 3.05) is 6.54 Å². The fourth-order valence-corrected chi connectivity index (χ4v) is 2.85. The Hall–Kier alpha value is -0.0800. The molecule has 1 saturated heterocycles. The number of fused-ring (bicyclic) bond motifs is 1. The van der Waals surface area contributed by atoms with Gasteiger partial charge < -0.3 is 11.1 Å². The van der Waals surface area contributed by atoms with Crippen LogP contribution in [0.3, 0.4) is 0 Å². The molecule has 0 unspecified atom stereocenters. The zero-order chi connectivity index (χ0) is 8.39. The van der Waals surface area contributed by atoms with Crippen molar-refractivity contribution in [2.24, 2.45) is 11.7 Å². The Balaban J connectivity index is 1.85. The Morgan fingerprint density at radius 3 is 2.83 bits per heavy atom. The summed E-state index contributed by atoms with van der Waals surface area (Å²) in [6, 6.07) is 1.58. The third kappa shape index (κ3) is 1.64. The van der Waals surface area contributed by atoms with Crippen molar-refractivity contribution in [1.29, 1.82) is 0 Å². The lowest BCUT2D eigenvalue weighted by Crippen LogP contribution is -2.33. The van der Waals surface area contributed by atoms with Gasteiger partial charge in [0.2, 0.25) is 0 Å². The smallest absolute Gasteiger partial charge is 0.00985 e. The largest absolute Gasteiger partial charge is 0.330 e. The average molecular weight is 168 g/mol. The highest BCUT2D eigenvalue weighted by molar-refractivity contribution is 4.92. The lowest BCUT2D eigenvalue weighted by atomic mass is 9.85. The van der Waals surface area contributed by atoms with Crippen molar-refractivity contribution in [3.8, 4) is 0 Å². The topological polar surface area (TPSA) is 38.0 Å². The molecule has 2 rings (SSSR count). The molecule has 3 atom stereocenters. The molecule has 0 aromatic rings. The van der Waals surface area contributed by atoms with Gasteiger partial charge in [-0.15, -0.1) is 0 Å². The fourth-order valence-electron chi connectivity index (χ4n) is 2.85. The van der Waals surface area contributed by atoms with E-state index in [0.29, 0.717) is 0 Å². The summed E-state index contributed by atoms with van der Waals surface area (Å²) in [6.07, 6.45) is 8.32. The summed E-state index contributed by atoms with van der Waals surface area (Å²) in [5.41, 5.74) is 5.56. The minimum atomic E-state index is 0.739. The quantitative estimate of drug-likeness (QED) is 0.651.